The maximum absolute atomic E-state index is 5.19. The summed E-state index contributed by atoms with van der Waals surface area (Å²) < 4.78 is 0. The average Bonchev–Trinajstić information content (AvgIpc) is 3.82. The molecule has 0 bridgehead atoms. The van der Waals surface area contributed by atoms with Gasteiger partial charge < -0.3 is 0 Å². The molecule has 2 aromatic heterocycles. The van der Waals surface area contributed by atoms with E-state index < -0.39 is 0 Å². The predicted molar refractivity (Wildman–Crippen MR) is 167 cm³/mol. The second kappa shape index (κ2) is 8.53. The molecular weight excluding hydrogens is 512 g/mol. The first-order chi connectivity index (χ1) is 20.6. The SMILES string of the molecule is CC1(C)c2ccccc2-c2c1cc(-c1nc(-c3ccccc3)nc(-c3ccccn3)n1)c1c2-c2ccccc2C2CC12. The summed E-state index contributed by atoms with van der Waals surface area (Å²) >= 11 is 0. The molecule has 0 amide bonds. The molecule has 2 heterocycles. The number of fused-ring (bicyclic) bond motifs is 10. The van der Waals surface area contributed by atoms with Crippen molar-refractivity contribution in [3.05, 3.63) is 132 Å². The Labute approximate surface area is 245 Å². The summed E-state index contributed by atoms with van der Waals surface area (Å²) in [6.45, 7) is 4.70. The van der Waals surface area contributed by atoms with E-state index in [4.69, 9.17) is 15.0 Å². The van der Waals surface area contributed by atoms with Crippen molar-refractivity contribution in [2.75, 3.05) is 0 Å². The van der Waals surface area contributed by atoms with Gasteiger partial charge in [-0.25, -0.2) is 15.0 Å². The molecule has 1 fully saturated rings. The minimum atomic E-state index is -0.149. The van der Waals surface area contributed by atoms with Crippen LogP contribution >= 0.6 is 0 Å². The van der Waals surface area contributed by atoms with Gasteiger partial charge >= 0.3 is 0 Å². The van der Waals surface area contributed by atoms with Gasteiger partial charge in [0, 0.05) is 22.7 Å². The standard InChI is InChI=1S/C38H28N4/c1-38(2)29-17-9-8-16-25(29)33-30(38)21-28(32-27-20-26(27)23-14-6-7-15-24(23)34(32)33)36-40-35(22-12-4-3-5-13-22)41-37(42-36)31-18-10-11-19-39-31/h3-19,21,26-27H,20H2,1-2H3. The lowest BCUT2D eigenvalue weighted by Crippen LogP contribution is -2.16. The highest BCUT2D eigenvalue weighted by molar-refractivity contribution is 6.00. The van der Waals surface area contributed by atoms with E-state index in [-0.39, 0.29) is 5.41 Å². The van der Waals surface area contributed by atoms with E-state index >= 15 is 0 Å². The Balaban J connectivity index is 1.39. The van der Waals surface area contributed by atoms with Gasteiger partial charge in [-0.2, -0.15) is 0 Å². The van der Waals surface area contributed by atoms with E-state index in [0.717, 1.165) is 29.1 Å². The Morgan fingerprint density at radius 3 is 2.14 bits per heavy atom. The lowest BCUT2D eigenvalue weighted by atomic mass is 9.76. The molecule has 3 aliphatic rings. The number of hydrogen-bond donors (Lipinski definition) is 0. The maximum atomic E-state index is 5.19. The molecule has 200 valence electrons. The van der Waals surface area contributed by atoms with Crippen LogP contribution in [0, 0.1) is 0 Å². The normalized spacial score (nSPS) is 18.3. The maximum Gasteiger partial charge on any atom is 0.182 e. The first-order valence-corrected chi connectivity index (χ1v) is 14.7. The second-order valence-electron chi connectivity index (χ2n) is 12.2. The zero-order chi connectivity index (χ0) is 28.0. The monoisotopic (exact) mass is 540 g/mol. The van der Waals surface area contributed by atoms with E-state index in [0.29, 0.717) is 23.5 Å². The molecule has 4 heteroatoms. The van der Waals surface area contributed by atoms with Crippen LogP contribution in [0.15, 0.2) is 109 Å². The van der Waals surface area contributed by atoms with E-state index in [2.05, 4.69) is 85.6 Å². The summed E-state index contributed by atoms with van der Waals surface area (Å²) in [5.41, 5.74) is 13.7. The fourth-order valence-corrected chi connectivity index (χ4v) is 7.44. The zero-order valence-corrected chi connectivity index (χ0v) is 23.5. The molecule has 1 saturated carbocycles. The molecule has 6 aromatic rings. The number of benzene rings is 4. The molecule has 2 atom stereocenters. The molecule has 0 spiro atoms. The van der Waals surface area contributed by atoms with Gasteiger partial charge in [0.05, 0.1) is 0 Å². The number of pyridine rings is 1. The van der Waals surface area contributed by atoms with Crippen molar-refractivity contribution in [3.63, 3.8) is 0 Å². The number of nitrogens with zero attached hydrogens (tertiary/aromatic N) is 4. The largest absolute Gasteiger partial charge is 0.253 e. The minimum Gasteiger partial charge on any atom is -0.253 e. The highest BCUT2D eigenvalue weighted by Crippen LogP contribution is 2.67. The van der Waals surface area contributed by atoms with Gasteiger partial charge in [0.25, 0.3) is 0 Å². The minimum absolute atomic E-state index is 0.149. The third kappa shape index (κ3) is 3.29. The van der Waals surface area contributed by atoms with Crippen LogP contribution in [0.5, 0.6) is 0 Å². The molecule has 0 N–H and O–H groups in total. The van der Waals surface area contributed by atoms with Gasteiger partial charge in [-0.05, 0) is 81.0 Å². The molecule has 42 heavy (non-hydrogen) atoms. The van der Waals surface area contributed by atoms with Crippen molar-refractivity contribution in [1.29, 1.82) is 0 Å². The summed E-state index contributed by atoms with van der Waals surface area (Å²) in [7, 11) is 0. The highest BCUT2D eigenvalue weighted by atomic mass is 15.0. The zero-order valence-electron chi connectivity index (χ0n) is 23.5. The molecule has 4 aromatic carbocycles. The first-order valence-electron chi connectivity index (χ1n) is 14.7. The smallest absolute Gasteiger partial charge is 0.182 e. The molecule has 2 unspecified atom stereocenters. The summed E-state index contributed by atoms with van der Waals surface area (Å²) in [6, 6.07) is 36.5. The predicted octanol–water partition coefficient (Wildman–Crippen LogP) is 8.83. The molecule has 0 saturated heterocycles. The molecular formula is C38H28N4. The lowest BCUT2D eigenvalue weighted by Gasteiger charge is -2.28. The van der Waals surface area contributed by atoms with Gasteiger partial charge in [-0.15, -0.1) is 0 Å². The summed E-state index contributed by atoms with van der Waals surface area (Å²) in [5, 5.41) is 0. The van der Waals surface area contributed by atoms with E-state index in [9.17, 15) is 0 Å². The van der Waals surface area contributed by atoms with Gasteiger partial charge in [0.1, 0.15) is 5.69 Å². The van der Waals surface area contributed by atoms with Crippen LogP contribution in [0.25, 0.3) is 56.5 Å². The topological polar surface area (TPSA) is 51.6 Å². The Morgan fingerprint density at radius 1 is 0.595 bits per heavy atom. The Hall–Kier alpha value is -4.96. The van der Waals surface area contributed by atoms with Crippen molar-refractivity contribution >= 4 is 0 Å². The van der Waals surface area contributed by atoms with E-state index in [1.165, 1.54) is 44.5 Å². The quantitative estimate of drug-likeness (QED) is 0.225. The fraction of sp³-hybridized carbons (Fsp3) is 0.158. The number of aromatic nitrogens is 4. The number of rotatable bonds is 3. The fourth-order valence-electron chi connectivity index (χ4n) is 7.44. The van der Waals surface area contributed by atoms with Gasteiger partial charge in [0.2, 0.25) is 0 Å². The molecule has 9 rings (SSSR count). The van der Waals surface area contributed by atoms with Crippen LogP contribution in [0.3, 0.4) is 0 Å². The first kappa shape index (κ1) is 23.7. The van der Waals surface area contributed by atoms with Crippen molar-refractivity contribution < 1.29 is 0 Å². The molecule has 4 nitrogen and oxygen atoms in total. The molecule has 0 radical (unpaired) electrons. The Kier molecular flexibility index (Phi) is 4.81. The van der Waals surface area contributed by atoms with Crippen molar-refractivity contribution in [1.82, 2.24) is 19.9 Å². The van der Waals surface area contributed by atoms with Crippen molar-refractivity contribution in [2.45, 2.75) is 37.5 Å². The second-order valence-corrected chi connectivity index (χ2v) is 12.2. The third-order valence-corrected chi connectivity index (χ3v) is 9.50. The number of hydrogen-bond acceptors (Lipinski definition) is 4. The van der Waals surface area contributed by atoms with E-state index in [1.807, 2.05) is 36.4 Å². The van der Waals surface area contributed by atoms with Crippen LogP contribution in [0.2, 0.25) is 0 Å². The lowest BCUT2D eigenvalue weighted by molar-refractivity contribution is 0.660. The highest BCUT2D eigenvalue weighted by Gasteiger charge is 2.50. The summed E-state index contributed by atoms with van der Waals surface area (Å²) in [6.07, 6.45) is 2.95. The van der Waals surface area contributed by atoms with Crippen molar-refractivity contribution in [3.8, 4) is 56.5 Å². The average molecular weight is 541 g/mol. The molecule has 3 aliphatic carbocycles. The van der Waals surface area contributed by atoms with E-state index in [1.54, 1.807) is 6.20 Å². The van der Waals surface area contributed by atoms with Crippen LogP contribution in [0.4, 0.5) is 0 Å². The Bertz CT molecular complexity index is 1990. The van der Waals surface area contributed by atoms with Gasteiger partial charge in [-0.1, -0.05) is 98.8 Å². The summed E-state index contributed by atoms with van der Waals surface area (Å²) in [4.78, 5) is 19.9. The summed E-state index contributed by atoms with van der Waals surface area (Å²) in [5.74, 6) is 2.99. The van der Waals surface area contributed by atoms with Crippen LogP contribution in [0.1, 0.15) is 54.4 Å². The molecule has 0 aliphatic heterocycles. The van der Waals surface area contributed by atoms with Crippen LogP contribution < -0.4 is 0 Å². The van der Waals surface area contributed by atoms with Crippen LogP contribution in [-0.4, -0.2) is 19.9 Å². The van der Waals surface area contributed by atoms with Crippen molar-refractivity contribution in [2.24, 2.45) is 0 Å². The van der Waals surface area contributed by atoms with Crippen LogP contribution in [-0.2, 0) is 5.41 Å². The van der Waals surface area contributed by atoms with Gasteiger partial charge in [0.15, 0.2) is 17.5 Å². The van der Waals surface area contributed by atoms with Gasteiger partial charge in [-0.3, -0.25) is 4.98 Å². The third-order valence-electron chi connectivity index (χ3n) is 9.50. The Morgan fingerprint density at radius 2 is 1.31 bits per heavy atom.